The Kier molecular flexibility index (Phi) is 9.66. The molecule has 0 saturated heterocycles. The minimum absolute atomic E-state index is 0.867. The lowest BCUT2D eigenvalue weighted by atomic mass is 10.1. The van der Waals surface area contributed by atoms with E-state index >= 15 is 0 Å². The average molecular weight is 262 g/mol. The monoisotopic (exact) mass is 262 g/mol. The number of aryl methyl sites for hydroxylation is 1. The maximum Gasteiger partial charge on any atom is -0.0244 e. The molecule has 1 aromatic heterocycles. The highest BCUT2D eigenvalue weighted by Gasteiger charge is 1.92. The molecule has 1 aromatic rings. The van der Waals surface area contributed by atoms with Crippen LogP contribution in [0.15, 0.2) is 42.2 Å². The third-order valence-electron chi connectivity index (χ3n) is 3.16. The van der Waals surface area contributed by atoms with Crippen LogP contribution in [0.2, 0.25) is 0 Å². The van der Waals surface area contributed by atoms with E-state index in [0.717, 1.165) is 8.19 Å². The average Bonchev–Trinajstić information content (AvgIpc) is 2.51. The summed E-state index contributed by atoms with van der Waals surface area (Å²) >= 11 is 0. The predicted octanol–water partition coefficient (Wildman–Crippen LogP) is 6.14. The van der Waals surface area contributed by atoms with Crippen molar-refractivity contribution in [3.8, 4) is 0 Å². The van der Waals surface area contributed by atoms with Crippen LogP contribution in [0.5, 0.6) is 0 Å². The van der Waals surface area contributed by atoms with Crippen molar-refractivity contribution in [2.75, 3.05) is 0 Å². The van der Waals surface area contributed by atoms with Gasteiger partial charge < -0.3 is 0 Å². The largest absolute Gasteiger partial charge is 0.137 e. The molecule has 1 heterocycles. The van der Waals surface area contributed by atoms with Crippen LogP contribution in [0, 0.1) is 0 Å². The highest BCUT2D eigenvalue weighted by atomic mass is 31.0. The molecule has 1 atom stereocenters. The van der Waals surface area contributed by atoms with E-state index in [1.807, 2.05) is 0 Å². The molecule has 0 aliphatic rings. The quantitative estimate of drug-likeness (QED) is 0.494. The second kappa shape index (κ2) is 11.4. The normalized spacial score (nSPS) is 10.5. The molecule has 0 aliphatic heterocycles. The molecule has 1 rings (SSSR count). The first-order valence-electron chi connectivity index (χ1n) is 7.39. The van der Waals surface area contributed by atoms with Gasteiger partial charge in [-0.3, -0.25) is 0 Å². The van der Waals surface area contributed by atoms with Gasteiger partial charge in [0.05, 0.1) is 0 Å². The van der Waals surface area contributed by atoms with E-state index in [4.69, 9.17) is 0 Å². The van der Waals surface area contributed by atoms with Crippen molar-refractivity contribution in [3.63, 3.8) is 0 Å². The lowest BCUT2D eigenvalue weighted by Crippen LogP contribution is -1.83. The Balaban J connectivity index is 2.21. The van der Waals surface area contributed by atoms with Gasteiger partial charge in [0, 0.05) is 0 Å². The van der Waals surface area contributed by atoms with E-state index < -0.39 is 0 Å². The fourth-order valence-corrected chi connectivity index (χ4v) is 2.99. The molecule has 100 valence electrons. The molecule has 0 bridgehead atoms. The Morgan fingerprint density at radius 1 is 0.778 bits per heavy atom. The number of hydrogen-bond donors (Lipinski definition) is 0. The van der Waals surface area contributed by atoms with Crippen molar-refractivity contribution in [2.45, 2.75) is 58.3 Å². The van der Waals surface area contributed by atoms with Gasteiger partial charge in [-0.05, 0) is 23.9 Å². The summed E-state index contributed by atoms with van der Waals surface area (Å²) in [5.74, 6) is 2.29. The minimum atomic E-state index is 0.867. The molecular formula is C17H27P. The van der Waals surface area contributed by atoms with Crippen molar-refractivity contribution in [1.29, 1.82) is 0 Å². The molecule has 1 heteroatoms. The van der Waals surface area contributed by atoms with Gasteiger partial charge >= 0.3 is 0 Å². The molecule has 0 amide bonds. The smallest absolute Gasteiger partial charge is 0.0244 e. The topological polar surface area (TPSA) is 0 Å². The zero-order valence-electron chi connectivity index (χ0n) is 11.7. The molecule has 1 unspecified atom stereocenters. The van der Waals surface area contributed by atoms with Crippen LogP contribution in [0.25, 0.3) is 0 Å². The Morgan fingerprint density at radius 2 is 1.44 bits per heavy atom. The van der Waals surface area contributed by atoms with Crippen LogP contribution >= 0.6 is 8.19 Å². The van der Waals surface area contributed by atoms with E-state index in [-0.39, 0.29) is 0 Å². The Bertz CT molecular complexity index is 315. The Morgan fingerprint density at radius 3 is 2.28 bits per heavy atom. The van der Waals surface area contributed by atoms with Crippen molar-refractivity contribution in [3.05, 3.63) is 47.5 Å². The third kappa shape index (κ3) is 8.37. The van der Waals surface area contributed by atoms with Crippen molar-refractivity contribution < 1.29 is 0 Å². The van der Waals surface area contributed by atoms with Gasteiger partial charge in [0.25, 0.3) is 0 Å². The van der Waals surface area contributed by atoms with E-state index in [1.165, 1.54) is 51.4 Å². The number of hydrogen-bond acceptors (Lipinski definition) is 0. The number of rotatable bonds is 8. The molecule has 0 N–H and O–H groups in total. The summed E-state index contributed by atoms with van der Waals surface area (Å²) in [4.78, 5) is 0. The minimum Gasteiger partial charge on any atom is -0.137 e. The summed E-state index contributed by atoms with van der Waals surface area (Å²) in [5.41, 5.74) is 0. The van der Waals surface area contributed by atoms with Crippen molar-refractivity contribution in [2.24, 2.45) is 0 Å². The molecule has 0 radical (unpaired) electrons. The third-order valence-corrected chi connectivity index (χ3v) is 4.30. The lowest BCUT2D eigenvalue weighted by molar-refractivity contribution is 0.590. The highest BCUT2D eigenvalue weighted by Crippen LogP contribution is 2.15. The fraction of sp³-hybridized carbons (Fsp3) is 0.529. The Labute approximate surface area is 114 Å². The van der Waals surface area contributed by atoms with Crippen LogP contribution < -0.4 is 0 Å². The zero-order valence-corrected chi connectivity index (χ0v) is 12.7. The predicted molar refractivity (Wildman–Crippen MR) is 85.3 cm³/mol. The van der Waals surface area contributed by atoms with Crippen LogP contribution in [0.3, 0.4) is 0 Å². The lowest BCUT2D eigenvalue weighted by Gasteiger charge is -2.01. The van der Waals surface area contributed by atoms with Crippen LogP contribution in [0.1, 0.15) is 57.2 Å². The summed E-state index contributed by atoms with van der Waals surface area (Å²) in [7, 11) is 0.867. The Hall–Kier alpha value is -0.740. The van der Waals surface area contributed by atoms with Crippen LogP contribution in [-0.2, 0) is 6.42 Å². The van der Waals surface area contributed by atoms with Gasteiger partial charge in [-0.1, -0.05) is 81.8 Å². The fourth-order valence-electron chi connectivity index (χ4n) is 2.05. The zero-order chi connectivity index (χ0) is 12.9. The summed E-state index contributed by atoms with van der Waals surface area (Å²) < 4.78 is 0. The molecule has 0 nitrogen and oxygen atoms in total. The second-order valence-corrected chi connectivity index (χ2v) is 6.10. The second-order valence-electron chi connectivity index (χ2n) is 4.84. The SMILES string of the molecule is CCCCCCCCCc1ccccccc[pH]1. The van der Waals surface area contributed by atoms with Gasteiger partial charge in [0.1, 0.15) is 0 Å². The standard InChI is InChI=1S/C17H27P/c1-2-3-4-5-6-8-11-14-17-15-12-9-7-10-13-16-18-17/h7,9-10,12-13,15-16,18H,2-6,8,11,14H2,1H3. The van der Waals surface area contributed by atoms with E-state index in [1.54, 1.807) is 5.30 Å². The molecule has 0 fully saturated rings. The van der Waals surface area contributed by atoms with Crippen LogP contribution in [0.4, 0.5) is 0 Å². The van der Waals surface area contributed by atoms with Gasteiger partial charge in [-0.25, -0.2) is 0 Å². The highest BCUT2D eigenvalue weighted by molar-refractivity contribution is 7.29. The van der Waals surface area contributed by atoms with Gasteiger partial charge in [0.2, 0.25) is 0 Å². The van der Waals surface area contributed by atoms with Crippen LogP contribution in [-0.4, -0.2) is 0 Å². The molecule has 0 aromatic carbocycles. The summed E-state index contributed by atoms with van der Waals surface area (Å²) in [6, 6.07) is 12.9. The maximum absolute atomic E-state index is 2.30. The summed E-state index contributed by atoms with van der Waals surface area (Å²) in [6.07, 6.45) is 11.1. The van der Waals surface area contributed by atoms with Crippen molar-refractivity contribution in [1.82, 2.24) is 0 Å². The summed E-state index contributed by atoms with van der Waals surface area (Å²) in [5, 5.41) is 1.60. The van der Waals surface area contributed by atoms with Gasteiger partial charge in [-0.15, -0.1) is 8.19 Å². The molecule has 0 saturated carbocycles. The molecular weight excluding hydrogens is 235 g/mol. The molecule has 0 spiro atoms. The maximum atomic E-state index is 2.30. The number of unbranched alkanes of at least 4 members (excludes halogenated alkanes) is 6. The van der Waals surface area contributed by atoms with Crippen molar-refractivity contribution >= 4 is 8.19 Å². The first kappa shape index (κ1) is 15.3. The molecule has 18 heavy (non-hydrogen) atoms. The van der Waals surface area contributed by atoms with Gasteiger partial charge in [0.15, 0.2) is 0 Å². The first-order valence-corrected chi connectivity index (χ1v) is 8.47. The molecule has 0 aliphatic carbocycles. The first-order chi connectivity index (χ1) is 8.93. The van der Waals surface area contributed by atoms with Gasteiger partial charge in [-0.2, -0.15) is 0 Å². The summed E-state index contributed by atoms with van der Waals surface area (Å²) in [6.45, 7) is 2.28. The van der Waals surface area contributed by atoms with E-state index in [9.17, 15) is 0 Å². The van der Waals surface area contributed by atoms with E-state index in [2.05, 4.69) is 49.1 Å². The van der Waals surface area contributed by atoms with E-state index in [0.29, 0.717) is 0 Å².